The van der Waals surface area contributed by atoms with Gasteiger partial charge in [0.15, 0.2) is 0 Å². The Morgan fingerprint density at radius 1 is 1.75 bits per heavy atom. The van der Waals surface area contributed by atoms with Gasteiger partial charge in [-0.3, -0.25) is 0 Å². The summed E-state index contributed by atoms with van der Waals surface area (Å²) in [7, 11) is 1.29. The summed E-state index contributed by atoms with van der Waals surface area (Å²) in [5.41, 5.74) is 0. The molecule has 3 N–H and O–H groups in total. The first-order valence-corrected chi connectivity index (χ1v) is 1.75. The van der Waals surface area contributed by atoms with Gasteiger partial charge in [0.25, 0.3) is 0 Å². The summed E-state index contributed by atoms with van der Waals surface area (Å²) < 4.78 is 4.19. The first-order chi connectivity index (χ1) is 3.31. The molecule has 0 aromatic rings. The van der Waals surface area contributed by atoms with Crippen LogP contribution in [0.3, 0.4) is 0 Å². The van der Waals surface area contributed by atoms with E-state index in [1.165, 1.54) is 7.11 Å². The van der Waals surface area contributed by atoms with Gasteiger partial charge in [0, 0.05) is 0 Å². The molecule has 0 rings (SSSR count). The number of halogens is 1. The number of quaternary nitrogens is 1. The van der Waals surface area contributed by atoms with Gasteiger partial charge in [-0.05, 0) is 0 Å². The van der Waals surface area contributed by atoms with Crippen LogP contribution < -0.4 is 18.3 Å². The van der Waals surface area contributed by atoms with Crippen LogP contribution in [0.25, 0.3) is 0 Å². The second kappa shape index (κ2) is 6.68. The summed E-state index contributed by atoms with van der Waals surface area (Å²) in [6.45, 7) is -0.0729. The number of rotatable bonds is 2. The maximum Gasteiger partial charge on any atom is 0.338 e. The van der Waals surface area contributed by atoms with Crippen molar-refractivity contribution in [2.45, 2.75) is 0 Å². The van der Waals surface area contributed by atoms with Gasteiger partial charge in [-0.15, -0.1) is 0 Å². The number of esters is 1. The van der Waals surface area contributed by atoms with E-state index < -0.39 is 5.97 Å². The third-order valence-corrected chi connectivity index (χ3v) is 0.448. The number of hydrogen-bond donors (Lipinski definition) is 1. The molecule has 0 heterocycles. The molecule has 4 nitrogen and oxygen atoms in total. The zero-order valence-electron chi connectivity index (χ0n) is 4.52. The summed E-state index contributed by atoms with van der Waals surface area (Å²) in [5.74, 6) is 2.57. The summed E-state index contributed by atoms with van der Waals surface area (Å²) in [5, 5.41) is 0. The highest BCUT2D eigenvalue weighted by molar-refractivity contribution is 5.70. The predicted octanol–water partition coefficient (Wildman–Crippen LogP) is -4.66. The number of carbonyl (C=O) groups excluding carboxylic acids is 1. The standard InChI is InChI=1S/C3H8NO3.ClH/c1-6-3(5)2-7-4;/h2H2,1,4H3;1H/q+1;/p-1. The van der Waals surface area contributed by atoms with E-state index in [4.69, 9.17) is 0 Å². The van der Waals surface area contributed by atoms with E-state index in [2.05, 4.69) is 15.5 Å². The molecule has 0 amide bonds. The topological polar surface area (TPSA) is 63.2 Å². The predicted molar refractivity (Wildman–Crippen MR) is 20.9 cm³/mol. The monoisotopic (exact) mass is 141 g/mol. The first kappa shape index (κ1) is 10.6. The average Bonchev–Trinajstić information content (AvgIpc) is 1.68. The SMILES string of the molecule is COC(=O)CO[NH3+].[Cl-]. The van der Waals surface area contributed by atoms with Crippen molar-refractivity contribution in [3.05, 3.63) is 0 Å². The molecule has 0 aromatic carbocycles. The lowest BCUT2D eigenvalue weighted by Crippen LogP contribution is -3.00. The van der Waals surface area contributed by atoms with Crippen molar-refractivity contribution in [1.29, 1.82) is 0 Å². The molecule has 8 heavy (non-hydrogen) atoms. The normalized spacial score (nSPS) is 7.25. The van der Waals surface area contributed by atoms with Crippen LogP contribution in [-0.2, 0) is 14.4 Å². The van der Waals surface area contributed by atoms with Gasteiger partial charge in [-0.25, -0.2) is 10.7 Å². The summed E-state index contributed by atoms with van der Waals surface area (Å²) >= 11 is 0. The van der Waals surface area contributed by atoms with E-state index in [1.54, 1.807) is 0 Å². The van der Waals surface area contributed by atoms with Crippen LogP contribution in [0.2, 0.25) is 0 Å². The second-order valence-corrected chi connectivity index (χ2v) is 0.925. The Bertz CT molecular complexity index is 67.5. The highest BCUT2D eigenvalue weighted by Gasteiger charge is 1.96. The van der Waals surface area contributed by atoms with Crippen molar-refractivity contribution in [2.75, 3.05) is 13.7 Å². The third kappa shape index (κ3) is 5.68. The van der Waals surface area contributed by atoms with E-state index in [0.29, 0.717) is 0 Å². The molecule has 0 aliphatic heterocycles. The Hall–Kier alpha value is -0.320. The van der Waals surface area contributed by atoms with Crippen molar-refractivity contribution in [3.63, 3.8) is 0 Å². The van der Waals surface area contributed by atoms with Gasteiger partial charge in [-0.2, -0.15) is 4.84 Å². The van der Waals surface area contributed by atoms with Crippen molar-refractivity contribution < 1.29 is 32.7 Å². The van der Waals surface area contributed by atoms with Crippen LogP contribution in [0.15, 0.2) is 0 Å². The molecular weight excluding hydrogens is 133 g/mol. The van der Waals surface area contributed by atoms with Gasteiger partial charge in [-0.1, -0.05) is 0 Å². The number of hydrogen-bond acceptors (Lipinski definition) is 3. The van der Waals surface area contributed by atoms with E-state index in [0.717, 1.165) is 0 Å². The minimum atomic E-state index is -0.407. The van der Waals surface area contributed by atoms with Crippen LogP contribution in [0.5, 0.6) is 0 Å². The fourth-order valence-electron chi connectivity index (χ4n) is 0.142. The molecule has 5 heteroatoms. The summed E-state index contributed by atoms with van der Waals surface area (Å²) in [4.78, 5) is 14.2. The van der Waals surface area contributed by atoms with E-state index >= 15 is 0 Å². The van der Waals surface area contributed by atoms with Crippen LogP contribution >= 0.6 is 0 Å². The summed E-state index contributed by atoms with van der Waals surface area (Å²) in [6.07, 6.45) is 0. The molecule has 0 aliphatic carbocycles. The highest BCUT2D eigenvalue weighted by Crippen LogP contribution is 1.67. The fourth-order valence-corrected chi connectivity index (χ4v) is 0.142. The van der Waals surface area contributed by atoms with Crippen molar-refractivity contribution in [1.82, 2.24) is 0 Å². The van der Waals surface area contributed by atoms with Gasteiger partial charge in [0.2, 0.25) is 6.61 Å². The van der Waals surface area contributed by atoms with E-state index in [9.17, 15) is 4.79 Å². The van der Waals surface area contributed by atoms with E-state index in [-0.39, 0.29) is 19.0 Å². The zero-order chi connectivity index (χ0) is 5.70. The quantitative estimate of drug-likeness (QED) is 0.311. The number of methoxy groups -OCH3 is 1. The Labute approximate surface area is 53.3 Å². The Morgan fingerprint density at radius 2 is 2.25 bits per heavy atom. The molecule has 0 fully saturated rings. The molecule has 0 saturated heterocycles. The van der Waals surface area contributed by atoms with Crippen LogP contribution in [0.1, 0.15) is 0 Å². The molecule has 0 saturated carbocycles. The average molecular weight is 142 g/mol. The van der Waals surface area contributed by atoms with Crippen LogP contribution in [0, 0.1) is 0 Å². The lowest BCUT2D eigenvalue weighted by Gasteiger charge is -1.89. The first-order valence-electron chi connectivity index (χ1n) is 1.75. The van der Waals surface area contributed by atoms with Gasteiger partial charge in [0.05, 0.1) is 7.11 Å². The molecular formula is C3H8ClNO3. The molecule has 0 aliphatic rings. The number of ether oxygens (including phenoxy) is 1. The smallest absolute Gasteiger partial charge is 0.338 e. The van der Waals surface area contributed by atoms with Crippen molar-refractivity contribution >= 4 is 5.97 Å². The lowest BCUT2D eigenvalue weighted by molar-refractivity contribution is -0.685. The van der Waals surface area contributed by atoms with E-state index in [1.807, 2.05) is 0 Å². The Morgan fingerprint density at radius 3 is 2.38 bits per heavy atom. The van der Waals surface area contributed by atoms with Gasteiger partial charge >= 0.3 is 5.97 Å². The molecule has 0 bridgehead atoms. The maximum absolute atomic E-state index is 10.0. The van der Waals surface area contributed by atoms with Crippen LogP contribution in [-0.4, -0.2) is 19.7 Å². The molecule has 0 radical (unpaired) electrons. The Kier molecular flexibility index (Phi) is 8.87. The zero-order valence-corrected chi connectivity index (χ0v) is 5.27. The molecule has 0 unspecified atom stereocenters. The number of carbonyl (C=O) groups is 1. The molecule has 0 spiro atoms. The van der Waals surface area contributed by atoms with Crippen molar-refractivity contribution in [2.24, 2.45) is 0 Å². The summed E-state index contributed by atoms with van der Waals surface area (Å²) in [6, 6.07) is 0. The largest absolute Gasteiger partial charge is 1.00 e. The highest BCUT2D eigenvalue weighted by atomic mass is 35.5. The van der Waals surface area contributed by atoms with Gasteiger partial charge in [0.1, 0.15) is 0 Å². The van der Waals surface area contributed by atoms with Crippen molar-refractivity contribution in [3.8, 4) is 0 Å². The third-order valence-electron chi connectivity index (χ3n) is 0.448. The fraction of sp³-hybridized carbons (Fsp3) is 0.667. The molecule has 0 aromatic heterocycles. The lowest BCUT2D eigenvalue weighted by atomic mass is 10.7. The molecule has 0 atom stereocenters. The second-order valence-electron chi connectivity index (χ2n) is 0.925. The Balaban J connectivity index is 0. The minimum absolute atomic E-state index is 0. The molecule has 50 valence electrons. The van der Waals surface area contributed by atoms with Gasteiger partial charge < -0.3 is 17.1 Å². The minimum Gasteiger partial charge on any atom is -1.00 e. The van der Waals surface area contributed by atoms with Crippen LogP contribution in [0.4, 0.5) is 0 Å². The maximum atomic E-state index is 10.0.